The summed E-state index contributed by atoms with van der Waals surface area (Å²) in [5.41, 5.74) is 2.89. The molecule has 0 bridgehead atoms. The Labute approximate surface area is 113 Å². The molecule has 0 radical (unpaired) electrons. The number of hydrogen-bond acceptors (Lipinski definition) is 3. The first-order valence-corrected chi connectivity index (χ1v) is 7.00. The first-order chi connectivity index (χ1) is 9.11. The number of hydrazone groups is 1. The van der Waals surface area contributed by atoms with Gasteiger partial charge in [-0.25, -0.2) is 5.43 Å². The fraction of sp³-hybridized carbons (Fsp3) is 0.600. The fourth-order valence-electron chi connectivity index (χ4n) is 3.60. The molecule has 0 spiro atoms. The van der Waals surface area contributed by atoms with Gasteiger partial charge in [-0.15, -0.1) is 0 Å². The number of hydrogen-bond donors (Lipinski definition) is 1. The van der Waals surface area contributed by atoms with Crippen LogP contribution in [0.3, 0.4) is 0 Å². The summed E-state index contributed by atoms with van der Waals surface area (Å²) in [6, 6.07) is 3.71. The number of amides is 1. The number of nitrogens with zero attached hydrogens (tertiary/aromatic N) is 1. The van der Waals surface area contributed by atoms with E-state index in [0.717, 1.165) is 5.76 Å². The molecule has 1 aromatic heterocycles. The standard InChI is InChI=1S/C15H20N2O2/c1-10-6-7-11(19-10)9-16-17-14(18)13-12-5-3-4-8-15(12,13)2/h6-7,9,12-13H,3-5,8H2,1-2H3,(H,17,18)/t12-,13+,15+/m1/s1. The summed E-state index contributed by atoms with van der Waals surface area (Å²) in [5, 5.41) is 3.99. The Morgan fingerprint density at radius 2 is 2.37 bits per heavy atom. The molecule has 1 heterocycles. The predicted molar refractivity (Wildman–Crippen MR) is 72.7 cm³/mol. The topological polar surface area (TPSA) is 54.6 Å². The third kappa shape index (κ3) is 2.20. The van der Waals surface area contributed by atoms with Crippen molar-refractivity contribution in [1.82, 2.24) is 5.43 Å². The quantitative estimate of drug-likeness (QED) is 0.671. The van der Waals surface area contributed by atoms with Crippen molar-refractivity contribution in [3.05, 3.63) is 23.7 Å². The lowest BCUT2D eigenvalue weighted by molar-refractivity contribution is -0.123. The predicted octanol–water partition coefficient (Wildman–Crippen LogP) is 2.86. The van der Waals surface area contributed by atoms with Crippen molar-refractivity contribution in [1.29, 1.82) is 0 Å². The first kappa shape index (κ1) is 12.5. The highest BCUT2D eigenvalue weighted by Gasteiger charge is 2.64. The molecule has 2 fully saturated rings. The van der Waals surface area contributed by atoms with Gasteiger partial charge in [-0.3, -0.25) is 4.79 Å². The van der Waals surface area contributed by atoms with Crippen LogP contribution in [-0.4, -0.2) is 12.1 Å². The molecule has 0 aromatic carbocycles. The number of nitrogens with one attached hydrogen (secondary N) is 1. The normalized spacial score (nSPS) is 33.2. The van der Waals surface area contributed by atoms with Gasteiger partial charge in [-0.05, 0) is 43.2 Å². The Bertz CT molecular complexity index is 520. The lowest BCUT2D eigenvalue weighted by Crippen LogP contribution is -2.22. The zero-order valence-electron chi connectivity index (χ0n) is 11.5. The molecule has 3 atom stereocenters. The van der Waals surface area contributed by atoms with Gasteiger partial charge in [0.05, 0.1) is 6.21 Å². The minimum atomic E-state index is 0.0638. The molecular formula is C15H20N2O2. The van der Waals surface area contributed by atoms with Crippen LogP contribution in [0.1, 0.15) is 44.1 Å². The smallest absolute Gasteiger partial charge is 0.244 e. The van der Waals surface area contributed by atoms with Crippen molar-refractivity contribution in [2.75, 3.05) is 0 Å². The highest BCUT2D eigenvalue weighted by Crippen LogP contribution is 2.66. The van der Waals surface area contributed by atoms with Crippen LogP contribution in [0.25, 0.3) is 0 Å². The molecule has 2 aliphatic rings. The number of rotatable bonds is 3. The second-order valence-corrected chi connectivity index (χ2v) is 6.02. The lowest BCUT2D eigenvalue weighted by atomic mass is 9.90. The van der Waals surface area contributed by atoms with Gasteiger partial charge in [0.25, 0.3) is 0 Å². The molecule has 4 heteroatoms. The molecule has 3 rings (SSSR count). The number of fused-ring (bicyclic) bond motifs is 1. The minimum Gasteiger partial charge on any atom is -0.460 e. The largest absolute Gasteiger partial charge is 0.460 e. The fourth-order valence-corrected chi connectivity index (χ4v) is 3.60. The monoisotopic (exact) mass is 260 g/mol. The summed E-state index contributed by atoms with van der Waals surface area (Å²) in [5.74, 6) is 2.30. The van der Waals surface area contributed by atoms with Crippen LogP contribution < -0.4 is 5.43 Å². The molecule has 4 nitrogen and oxygen atoms in total. The van der Waals surface area contributed by atoms with Crippen LogP contribution in [0.15, 0.2) is 21.7 Å². The summed E-state index contributed by atoms with van der Waals surface area (Å²) < 4.78 is 5.36. The van der Waals surface area contributed by atoms with E-state index in [2.05, 4.69) is 17.5 Å². The van der Waals surface area contributed by atoms with E-state index in [1.165, 1.54) is 25.7 Å². The third-order valence-corrected chi connectivity index (χ3v) is 4.74. The highest BCUT2D eigenvalue weighted by molar-refractivity contribution is 5.85. The summed E-state index contributed by atoms with van der Waals surface area (Å²) in [6.07, 6.45) is 6.44. The zero-order valence-corrected chi connectivity index (χ0v) is 11.5. The third-order valence-electron chi connectivity index (χ3n) is 4.74. The van der Waals surface area contributed by atoms with Gasteiger partial charge in [0, 0.05) is 5.92 Å². The Hall–Kier alpha value is -1.58. The Balaban J connectivity index is 1.56. The second-order valence-electron chi connectivity index (χ2n) is 6.02. The van der Waals surface area contributed by atoms with E-state index >= 15 is 0 Å². The summed E-state index contributed by atoms with van der Waals surface area (Å²) in [4.78, 5) is 12.1. The maximum absolute atomic E-state index is 12.1. The van der Waals surface area contributed by atoms with Crippen molar-refractivity contribution < 1.29 is 9.21 Å². The van der Waals surface area contributed by atoms with Crippen LogP contribution in [0.5, 0.6) is 0 Å². The zero-order chi connectivity index (χ0) is 13.5. The van der Waals surface area contributed by atoms with Gasteiger partial charge in [0.2, 0.25) is 5.91 Å². The van der Waals surface area contributed by atoms with E-state index in [9.17, 15) is 4.79 Å². The number of carbonyl (C=O) groups is 1. The van der Waals surface area contributed by atoms with E-state index in [4.69, 9.17) is 4.42 Å². The Morgan fingerprint density at radius 3 is 3.00 bits per heavy atom. The van der Waals surface area contributed by atoms with Crippen LogP contribution in [-0.2, 0) is 4.79 Å². The van der Waals surface area contributed by atoms with Crippen molar-refractivity contribution in [3.63, 3.8) is 0 Å². The average Bonchev–Trinajstić information content (AvgIpc) is 2.81. The minimum absolute atomic E-state index is 0.0638. The Morgan fingerprint density at radius 1 is 1.53 bits per heavy atom. The molecule has 0 saturated heterocycles. The van der Waals surface area contributed by atoms with Crippen molar-refractivity contribution in [2.24, 2.45) is 22.4 Å². The van der Waals surface area contributed by atoms with Crippen LogP contribution in [0, 0.1) is 24.2 Å². The number of furan rings is 1. The lowest BCUT2D eigenvalue weighted by Gasteiger charge is -2.15. The maximum atomic E-state index is 12.1. The maximum Gasteiger partial charge on any atom is 0.244 e. The van der Waals surface area contributed by atoms with Gasteiger partial charge in [0.1, 0.15) is 11.5 Å². The molecule has 0 aliphatic heterocycles. The van der Waals surface area contributed by atoms with E-state index in [0.29, 0.717) is 11.7 Å². The highest BCUT2D eigenvalue weighted by atomic mass is 16.3. The summed E-state index contributed by atoms with van der Waals surface area (Å²) >= 11 is 0. The molecule has 1 aromatic rings. The van der Waals surface area contributed by atoms with Crippen LogP contribution in [0.2, 0.25) is 0 Å². The summed E-state index contributed by atoms with van der Waals surface area (Å²) in [6.45, 7) is 4.12. The molecule has 19 heavy (non-hydrogen) atoms. The van der Waals surface area contributed by atoms with Gasteiger partial charge < -0.3 is 4.42 Å². The molecule has 1 amide bonds. The van der Waals surface area contributed by atoms with Gasteiger partial charge in [-0.2, -0.15) is 5.10 Å². The van der Waals surface area contributed by atoms with E-state index < -0.39 is 0 Å². The SMILES string of the molecule is Cc1ccc(C=NNC(=O)[C@@H]2[C@H]3CCCC[C@@]32C)o1. The number of aryl methyl sites for hydroxylation is 1. The average molecular weight is 260 g/mol. The van der Waals surface area contributed by atoms with Gasteiger partial charge in [0.15, 0.2) is 0 Å². The van der Waals surface area contributed by atoms with Crippen molar-refractivity contribution in [3.8, 4) is 0 Å². The van der Waals surface area contributed by atoms with E-state index in [1.807, 2.05) is 19.1 Å². The van der Waals surface area contributed by atoms with Crippen molar-refractivity contribution in [2.45, 2.75) is 39.5 Å². The molecule has 102 valence electrons. The molecule has 1 N–H and O–H groups in total. The molecular weight excluding hydrogens is 240 g/mol. The molecule has 0 unspecified atom stereocenters. The second kappa shape index (κ2) is 4.51. The van der Waals surface area contributed by atoms with E-state index in [-0.39, 0.29) is 17.2 Å². The van der Waals surface area contributed by atoms with Crippen molar-refractivity contribution >= 4 is 12.1 Å². The number of carbonyl (C=O) groups excluding carboxylic acids is 1. The van der Waals surface area contributed by atoms with Crippen LogP contribution >= 0.6 is 0 Å². The summed E-state index contributed by atoms with van der Waals surface area (Å²) in [7, 11) is 0. The molecule has 2 aliphatic carbocycles. The van der Waals surface area contributed by atoms with Gasteiger partial charge in [-0.1, -0.05) is 19.8 Å². The Kier molecular flexibility index (Phi) is 2.96. The first-order valence-electron chi connectivity index (χ1n) is 7.00. The van der Waals surface area contributed by atoms with Gasteiger partial charge >= 0.3 is 0 Å². The van der Waals surface area contributed by atoms with E-state index in [1.54, 1.807) is 6.21 Å². The molecule has 2 saturated carbocycles. The van der Waals surface area contributed by atoms with Crippen LogP contribution in [0.4, 0.5) is 0 Å².